The molecule has 0 atom stereocenters. The van der Waals surface area contributed by atoms with Crippen LogP contribution in [-0.2, 0) is 6.54 Å². The largest absolute Gasteiger partial charge is 0.393 e. The molecule has 1 aromatic carbocycles. The van der Waals surface area contributed by atoms with Gasteiger partial charge in [-0.25, -0.2) is 0 Å². The van der Waals surface area contributed by atoms with E-state index in [1.807, 2.05) is 6.07 Å². The molecule has 2 N–H and O–H groups in total. The van der Waals surface area contributed by atoms with Gasteiger partial charge in [0.05, 0.1) is 6.10 Å². The number of aliphatic hydroxyl groups excluding tert-OH is 1. The van der Waals surface area contributed by atoms with Gasteiger partial charge in [-0.3, -0.25) is 0 Å². The van der Waals surface area contributed by atoms with Crippen molar-refractivity contribution in [2.24, 2.45) is 5.92 Å². The van der Waals surface area contributed by atoms with Crippen molar-refractivity contribution in [3.63, 3.8) is 0 Å². The van der Waals surface area contributed by atoms with Gasteiger partial charge >= 0.3 is 0 Å². The number of aliphatic hydroxyl groups is 1. The van der Waals surface area contributed by atoms with Crippen molar-refractivity contribution in [1.82, 2.24) is 5.32 Å². The molecule has 0 spiro atoms. The van der Waals surface area contributed by atoms with Gasteiger partial charge in [-0.2, -0.15) is 0 Å². The molecular weight excluding hydrogens is 198 g/mol. The molecular formula is C14H21NO. The first-order valence-corrected chi connectivity index (χ1v) is 6.27. The fraction of sp³-hybridized carbons (Fsp3) is 0.571. The van der Waals surface area contributed by atoms with Gasteiger partial charge in [0.1, 0.15) is 0 Å². The van der Waals surface area contributed by atoms with Gasteiger partial charge in [0.25, 0.3) is 0 Å². The molecule has 0 bridgehead atoms. The molecule has 1 aliphatic rings. The molecule has 0 radical (unpaired) electrons. The number of rotatable bonds is 4. The minimum Gasteiger partial charge on any atom is -0.393 e. The monoisotopic (exact) mass is 219 g/mol. The summed E-state index contributed by atoms with van der Waals surface area (Å²) in [5, 5.41) is 12.9. The van der Waals surface area contributed by atoms with E-state index in [1.54, 1.807) is 0 Å². The van der Waals surface area contributed by atoms with Gasteiger partial charge in [0.2, 0.25) is 0 Å². The first-order valence-electron chi connectivity index (χ1n) is 6.27. The number of benzene rings is 1. The van der Waals surface area contributed by atoms with Crippen LogP contribution in [0.4, 0.5) is 0 Å². The van der Waals surface area contributed by atoms with E-state index in [9.17, 15) is 5.11 Å². The normalized spacial score (nSPS) is 25.6. The van der Waals surface area contributed by atoms with Crippen molar-refractivity contribution in [1.29, 1.82) is 0 Å². The highest BCUT2D eigenvalue weighted by Gasteiger charge is 2.18. The van der Waals surface area contributed by atoms with Gasteiger partial charge in [-0.15, -0.1) is 0 Å². The Morgan fingerprint density at radius 3 is 2.44 bits per heavy atom. The van der Waals surface area contributed by atoms with Gasteiger partial charge in [-0.1, -0.05) is 30.3 Å². The molecule has 0 heterocycles. The maximum atomic E-state index is 9.41. The van der Waals surface area contributed by atoms with E-state index in [0.29, 0.717) is 0 Å². The SMILES string of the molecule is OC1CCC(CNCc2ccccc2)CC1. The molecule has 2 nitrogen and oxygen atoms in total. The van der Waals surface area contributed by atoms with Crippen LogP contribution in [0.3, 0.4) is 0 Å². The van der Waals surface area contributed by atoms with Crippen molar-refractivity contribution in [2.75, 3.05) is 6.54 Å². The zero-order valence-corrected chi connectivity index (χ0v) is 9.73. The lowest BCUT2D eigenvalue weighted by molar-refractivity contribution is 0.108. The molecule has 1 aromatic rings. The molecule has 0 aliphatic heterocycles. The second-order valence-corrected chi connectivity index (χ2v) is 4.79. The summed E-state index contributed by atoms with van der Waals surface area (Å²) in [7, 11) is 0. The molecule has 0 saturated heterocycles. The Labute approximate surface area is 97.7 Å². The summed E-state index contributed by atoms with van der Waals surface area (Å²) in [4.78, 5) is 0. The van der Waals surface area contributed by atoms with E-state index in [2.05, 4.69) is 29.6 Å². The molecule has 88 valence electrons. The Morgan fingerprint density at radius 1 is 1.06 bits per heavy atom. The minimum absolute atomic E-state index is 0.0367. The summed E-state index contributed by atoms with van der Waals surface area (Å²) in [6.07, 6.45) is 4.27. The van der Waals surface area contributed by atoms with Gasteiger partial charge in [0.15, 0.2) is 0 Å². The average molecular weight is 219 g/mol. The van der Waals surface area contributed by atoms with Crippen LogP contribution in [0.25, 0.3) is 0 Å². The van der Waals surface area contributed by atoms with Crippen LogP contribution >= 0.6 is 0 Å². The highest BCUT2D eigenvalue weighted by molar-refractivity contribution is 5.14. The third-order valence-corrected chi connectivity index (χ3v) is 3.42. The fourth-order valence-electron chi connectivity index (χ4n) is 2.37. The standard InChI is InChI=1S/C14H21NO/c16-14-8-6-13(7-9-14)11-15-10-12-4-2-1-3-5-12/h1-5,13-16H,6-11H2. The van der Waals surface area contributed by atoms with Crippen molar-refractivity contribution < 1.29 is 5.11 Å². The van der Waals surface area contributed by atoms with Gasteiger partial charge in [0, 0.05) is 6.54 Å². The van der Waals surface area contributed by atoms with E-state index in [4.69, 9.17) is 0 Å². The van der Waals surface area contributed by atoms with Gasteiger partial charge in [-0.05, 0) is 43.7 Å². The van der Waals surface area contributed by atoms with Crippen molar-refractivity contribution in [3.8, 4) is 0 Å². The Bertz CT molecular complexity index is 291. The van der Waals surface area contributed by atoms with Crippen LogP contribution < -0.4 is 5.32 Å². The zero-order chi connectivity index (χ0) is 11.2. The summed E-state index contributed by atoms with van der Waals surface area (Å²) in [6.45, 7) is 2.04. The molecule has 1 saturated carbocycles. The van der Waals surface area contributed by atoms with Crippen LogP contribution in [0.5, 0.6) is 0 Å². The molecule has 1 aliphatic carbocycles. The summed E-state index contributed by atoms with van der Waals surface area (Å²) in [5.74, 6) is 0.757. The molecule has 2 heteroatoms. The van der Waals surface area contributed by atoms with Crippen molar-refractivity contribution in [2.45, 2.75) is 38.3 Å². The van der Waals surface area contributed by atoms with Crippen LogP contribution in [-0.4, -0.2) is 17.8 Å². The molecule has 0 unspecified atom stereocenters. The van der Waals surface area contributed by atoms with E-state index in [-0.39, 0.29) is 6.10 Å². The molecule has 0 aromatic heterocycles. The van der Waals surface area contributed by atoms with Crippen LogP contribution in [0.1, 0.15) is 31.2 Å². The third kappa shape index (κ3) is 3.62. The number of nitrogens with one attached hydrogen (secondary N) is 1. The van der Waals surface area contributed by atoms with E-state index < -0.39 is 0 Å². The lowest BCUT2D eigenvalue weighted by atomic mass is 9.87. The van der Waals surface area contributed by atoms with Crippen molar-refractivity contribution in [3.05, 3.63) is 35.9 Å². The van der Waals surface area contributed by atoms with Gasteiger partial charge < -0.3 is 10.4 Å². The van der Waals surface area contributed by atoms with Crippen LogP contribution in [0.2, 0.25) is 0 Å². The zero-order valence-electron chi connectivity index (χ0n) is 9.73. The lowest BCUT2D eigenvalue weighted by Gasteiger charge is -2.25. The lowest BCUT2D eigenvalue weighted by Crippen LogP contribution is -2.27. The second kappa shape index (κ2) is 6.02. The van der Waals surface area contributed by atoms with Crippen molar-refractivity contribution >= 4 is 0 Å². The Hall–Kier alpha value is -0.860. The predicted molar refractivity (Wildman–Crippen MR) is 66.1 cm³/mol. The fourth-order valence-corrected chi connectivity index (χ4v) is 2.37. The highest BCUT2D eigenvalue weighted by Crippen LogP contribution is 2.23. The Morgan fingerprint density at radius 2 is 1.75 bits per heavy atom. The molecule has 2 rings (SSSR count). The van der Waals surface area contributed by atoms with Crippen LogP contribution in [0.15, 0.2) is 30.3 Å². The maximum absolute atomic E-state index is 9.41. The minimum atomic E-state index is -0.0367. The van der Waals surface area contributed by atoms with E-state index >= 15 is 0 Å². The summed E-state index contributed by atoms with van der Waals surface area (Å²) < 4.78 is 0. The second-order valence-electron chi connectivity index (χ2n) is 4.79. The number of hydrogen-bond acceptors (Lipinski definition) is 2. The molecule has 0 amide bonds. The summed E-state index contributed by atoms with van der Waals surface area (Å²) >= 11 is 0. The maximum Gasteiger partial charge on any atom is 0.0540 e. The third-order valence-electron chi connectivity index (χ3n) is 3.42. The first-order chi connectivity index (χ1) is 7.84. The summed E-state index contributed by atoms with van der Waals surface area (Å²) in [6, 6.07) is 10.5. The smallest absolute Gasteiger partial charge is 0.0540 e. The van der Waals surface area contributed by atoms with E-state index in [1.165, 1.54) is 18.4 Å². The number of hydrogen-bond donors (Lipinski definition) is 2. The Kier molecular flexibility index (Phi) is 4.37. The topological polar surface area (TPSA) is 32.3 Å². The summed E-state index contributed by atoms with van der Waals surface area (Å²) in [5.41, 5.74) is 1.35. The molecule has 1 fully saturated rings. The predicted octanol–water partition coefficient (Wildman–Crippen LogP) is 2.33. The Balaban J connectivity index is 1.65. The molecule has 16 heavy (non-hydrogen) atoms. The van der Waals surface area contributed by atoms with E-state index in [0.717, 1.165) is 31.8 Å². The quantitative estimate of drug-likeness (QED) is 0.814. The highest BCUT2D eigenvalue weighted by atomic mass is 16.3. The van der Waals surface area contributed by atoms with Crippen LogP contribution in [0, 0.1) is 5.92 Å². The average Bonchev–Trinajstić information content (AvgIpc) is 2.33. The first kappa shape index (κ1) is 11.6.